The van der Waals surface area contributed by atoms with Crippen molar-refractivity contribution < 1.29 is 13.6 Å². The predicted molar refractivity (Wildman–Crippen MR) is 84.2 cm³/mol. The minimum atomic E-state index is -1.07. The van der Waals surface area contributed by atoms with Gasteiger partial charge < -0.3 is 5.32 Å². The number of carbonyl (C=O) groups is 1. The Morgan fingerprint density at radius 3 is 2.48 bits per heavy atom. The van der Waals surface area contributed by atoms with Gasteiger partial charge in [0.25, 0.3) is 5.91 Å². The SMILES string of the molecule is O=C(NC(=S)Nc1cc(Br)cc(F)c1F)c1ccccc1. The molecule has 2 N–H and O–H groups in total. The molecule has 7 heteroatoms. The Bertz CT molecular complexity index is 695. The summed E-state index contributed by atoms with van der Waals surface area (Å²) in [6, 6.07) is 10.7. The zero-order valence-corrected chi connectivity index (χ0v) is 12.9. The average molecular weight is 371 g/mol. The van der Waals surface area contributed by atoms with E-state index >= 15 is 0 Å². The van der Waals surface area contributed by atoms with Crippen LogP contribution in [-0.4, -0.2) is 11.0 Å². The molecule has 0 spiro atoms. The van der Waals surface area contributed by atoms with Crippen molar-refractivity contribution in [2.24, 2.45) is 0 Å². The highest BCUT2D eigenvalue weighted by atomic mass is 79.9. The third-order valence-electron chi connectivity index (χ3n) is 2.50. The molecule has 0 aromatic heterocycles. The third kappa shape index (κ3) is 4.05. The van der Waals surface area contributed by atoms with E-state index in [2.05, 4.69) is 26.6 Å². The van der Waals surface area contributed by atoms with E-state index in [1.54, 1.807) is 30.3 Å². The maximum atomic E-state index is 13.6. The highest BCUT2D eigenvalue weighted by Gasteiger charge is 2.13. The summed E-state index contributed by atoms with van der Waals surface area (Å²) in [7, 11) is 0. The number of nitrogens with one attached hydrogen (secondary N) is 2. The van der Waals surface area contributed by atoms with E-state index in [9.17, 15) is 13.6 Å². The summed E-state index contributed by atoms with van der Waals surface area (Å²) in [6.07, 6.45) is 0. The van der Waals surface area contributed by atoms with Crippen molar-refractivity contribution in [3.8, 4) is 0 Å². The summed E-state index contributed by atoms with van der Waals surface area (Å²) in [6.45, 7) is 0. The third-order valence-corrected chi connectivity index (χ3v) is 3.17. The summed E-state index contributed by atoms with van der Waals surface area (Å²) >= 11 is 7.96. The minimum Gasteiger partial charge on any atom is -0.330 e. The Hall–Kier alpha value is -1.86. The summed E-state index contributed by atoms with van der Waals surface area (Å²) in [4.78, 5) is 11.8. The monoisotopic (exact) mass is 370 g/mol. The van der Waals surface area contributed by atoms with Gasteiger partial charge in [-0.2, -0.15) is 0 Å². The van der Waals surface area contributed by atoms with Crippen LogP contribution in [0.4, 0.5) is 14.5 Å². The topological polar surface area (TPSA) is 41.1 Å². The van der Waals surface area contributed by atoms with Crippen molar-refractivity contribution in [1.82, 2.24) is 5.32 Å². The molecule has 108 valence electrons. The van der Waals surface area contributed by atoms with Gasteiger partial charge in [-0.3, -0.25) is 10.1 Å². The van der Waals surface area contributed by atoms with Crippen LogP contribution in [0.25, 0.3) is 0 Å². The number of hydrogen-bond donors (Lipinski definition) is 2. The van der Waals surface area contributed by atoms with Gasteiger partial charge in [-0.15, -0.1) is 0 Å². The van der Waals surface area contributed by atoms with Crippen LogP contribution in [0.3, 0.4) is 0 Å². The lowest BCUT2D eigenvalue weighted by atomic mass is 10.2. The molecule has 21 heavy (non-hydrogen) atoms. The normalized spacial score (nSPS) is 10.0. The van der Waals surface area contributed by atoms with Gasteiger partial charge in [-0.1, -0.05) is 34.1 Å². The van der Waals surface area contributed by atoms with Gasteiger partial charge in [0.15, 0.2) is 16.7 Å². The molecule has 0 bridgehead atoms. The maximum Gasteiger partial charge on any atom is 0.257 e. The Balaban J connectivity index is 2.08. The van der Waals surface area contributed by atoms with Gasteiger partial charge in [0.05, 0.1) is 5.69 Å². The smallest absolute Gasteiger partial charge is 0.257 e. The molecule has 0 aliphatic rings. The lowest BCUT2D eigenvalue weighted by Gasteiger charge is -2.11. The van der Waals surface area contributed by atoms with E-state index in [1.165, 1.54) is 6.07 Å². The molecule has 0 atom stereocenters. The highest BCUT2D eigenvalue weighted by molar-refractivity contribution is 9.10. The molecule has 0 fully saturated rings. The van der Waals surface area contributed by atoms with Gasteiger partial charge in [0.1, 0.15) is 0 Å². The van der Waals surface area contributed by atoms with E-state index in [1.807, 2.05) is 0 Å². The van der Waals surface area contributed by atoms with Crippen molar-refractivity contribution in [1.29, 1.82) is 0 Å². The van der Waals surface area contributed by atoms with Crippen LogP contribution in [0, 0.1) is 11.6 Å². The highest BCUT2D eigenvalue weighted by Crippen LogP contribution is 2.23. The van der Waals surface area contributed by atoms with Crippen LogP contribution in [0.5, 0.6) is 0 Å². The molecule has 0 radical (unpaired) electrons. The Morgan fingerprint density at radius 2 is 1.81 bits per heavy atom. The zero-order valence-electron chi connectivity index (χ0n) is 10.5. The summed E-state index contributed by atoms with van der Waals surface area (Å²) < 4.78 is 27.2. The molecule has 3 nitrogen and oxygen atoms in total. The number of halogens is 3. The number of amides is 1. The molecule has 2 rings (SSSR count). The van der Waals surface area contributed by atoms with Crippen LogP contribution in [0.15, 0.2) is 46.9 Å². The first-order valence-corrected chi connectivity index (χ1v) is 6.99. The van der Waals surface area contributed by atoms with E-state index in [0.717, 1.165) is 6.07 Å². The summed E-state index contributed by atoms with van der Waals surface area (Å²) in [5.41, 5.74) is 0.239. The molecule has 0 unspecified atom stereocenters. The second-order valence-electron chi connectivity index (χ2n) is 4.02. The number of benzene rings is 2. The van der Waals surface area contributed by atoms with Crippen LogP contribution in [-0.2, 0) is 0 Å². The van der Waals surface area contributed by atoms with Gasteiger partial charge in [0, 0.05) is 10.0 Å². The summed E-state index contributed by atoms with van der Waals surface area (Å²) in [5, 5.41) is 4.71. The number of rotatable bonds is 2. The molecule has 1 amide bonds. The number of anilines is 1. The van der Waals surface area contributed by atoms with Crippen LogP contribution in [0.1, 0.15) is 10.4 Å². The molecule has 0 saturated carbocycles. The van der Waals surface area contributed by atoms with E-state index < -0.39 is 17.5 Å². The fraction of sp³-hybridized carbons (Fsp3) is 0. The first-order valence-electron chi connectivity index (χ1n) is 5.79. The molecular weight excluding hydrogens is 362 g/mol. The van der Waals surface area contributed by atoms with Crippen molar-refractivity contribution in [2.75, 3.05) is 5.32 Å². The molecule has 0 aliphatic heterocycles. The van der Waals surface area contributed by atoms with Gasteiger partial charge in [0.2, 0.25) is 0 Å². The lowest BCUT2D eigenvalue weighted by molar-refractivity contribution is 0.0977. The Labute approximate surface area is 133 Å². The van der Waals surface area contributed by atoms with Crippen LogP contribution >= 0.6 is 28.1 Å². The average Bonchev–Trinajstić information content (AvgIpc) is 2.45. The van der Waals surface area contributed by atoms with Crippen molar-refractivity contribution in [3.05, 3.63) is 64.1 Å². The number of carbonyl (C=O) groups excluding carboxylic acids is 1. The van der Waals surface area contributed by atoms with Crippen molar-refractivity contribution in [3.63, 3.8) is 0 Å². The second kappa shape index (κ2) is 6.73. The van der Waals surface area contributed by atoms with Crippen molar-refractivity contribution in [2.45, 2.75) is 0 Å². The van der Waals surface area contributed by atoms with Crippen molar-refractivity contribution >= 4 is 44.9 Å². The van der Waals surface area contributed by atoms with E-state index in [4.69, 9.17) is 12.2 Å². The number of hydrogen-bond acceptors (Lipinski definition) is 2. The minimum absolute atomic E-state index is 0.125. The predicted octanol–water partition coefficient (Wildman–Crippen LogP) is 3.85. The molecule has 0 aliphatic carbocycles. The molecule has 0 saturated heterocycles. The van der Waals surface area contributed by atoms with E-state index in [0.29, 0.717) is 10.0 Å². The Kier molecular flexibility index (Phi) is 4.98. The summed E-state index contributed by atoms with van der Waals surface area (Å²) in [5.74, 6) is -2.54. The first kappa shape index (κ1) is 15.5. The maximum absolute atomic E-state index is 13.6. The molecular formula is C14H9BrF2N2OS. The quantitative estimate of drug-likeness (QED) is 0.623. The first-order chi connectivity index (χ1) is 9.97. The van der Waals surface area contributed by atoms with Gasteiger partial charge in [-0.25, -0.2) is 8.78 Å². The lowest BCUT2D eigenvalue weighted by Crippen LogP contribution is -2.34. The fourth-order valence-electron chi connectivity index (χ4n) is 1.57. The number of thiocarbonyl (C=S) groups is 1. The molecule has 0 heterocycles. The van der Waals surface area contributed by atoms with Gasteiger partial charge >= 0.3 is 0 Å². The molecule has 2 aromatic rings. The van der Waals surface area contributed by atoms with Gasteiger partial charge in [-0.05, 0) is 36.5 Å². The fourth-order valence-corrected chi connectivity index (χ4v) is 2.20. The van der Waals surface area contributed by atoms with E-state index in [-0.39, 0.29) is 10.8 Å². The standard InChI is InChI=1S/C14H9BrF2N2OS/c15-9-6-10(16)12(17)11(7-9)18-14(21)19-13(20)8-4-2-1-3-5-8/h1-7H,(H2,18,19,20,21). The second-order valence-corrected chi connectivity index (χ2v) is 5.35. The zero-order chi connectivity index (χ0) is 15.4. The van der Waals surface area contributed by atoms with Crippen LogP contribution < -0.4 is 10.6 Å². The molecule has 2 aromatic carbocycles. The largest absolute Gasteiger partial charge is 0.330 e. The Morgan fingerprint density at radius 1 is 1.14 bits per heavy atom. The van der Waals surface area contributed by atoms with Crippen LogP contribution in [0.2, 0.25) is 0 Å².